The third-order valence-corrected chi connectivity index (χ3v) is 8.48. The van der Waals surface area contributed by atoms with E-state index in [0.717, 1.165) is 51.4 Å². The van der Waals surface area contributed by atoms with Crippen molar-refractivity contribution in [2.24, 2.45) is 0 Å². The lowest BCUT2D eigenvalue weighted by atomic mass is 10.0. The number of rotatable bonds is 32. The molecule has 43 heavy (non-hydrogen) atoms. The molecule has 0 spiro atoms. The van der Waals surface area contributed by atoms with E-state index in [-0.39, 0.29) is 25.2 Å². The number of hydrogen-bond acceptors (Lipinski definition) is 6. The molecular formula is C37H68O6. The second-order valence-corrected chi connectivity index (χ2v) is 12.7. The van der Waals surface area contributed by atoms with Crippen LogP contribution in [0.1, 0.15) is 181 Å². The second kappa shape index (κ2) is 29.3. The summed E-state index contributed by atoms with van der Waals surface area (Å²) in [7, 11) is 0. The van der Waals surface area contributed by atoms with E-state index in [4.69, 9.17) is 14.2 Å². The fraction of sp³-hybridized carbons (Fsp3) is 0.892. The standard InChI is InChI=1S/C37H68O6/c1-3-5-7-8-9-10-11-12-13-14-19-22-26-30-37(40)42-33(31-38)32-41-36(39)29-25-21-18-16-15-17-20-24-28-35-34(43-35)27-23-6-4-2/h20,24,33-35,38H,3-19,21-23,25-32H2,1-2H3/b24-20-/t33-,34?,35?/m0/s1. The molecule has 6 nitrogen and oxygen atoms in total. The summed E-state index contributed by atoms with van der Waals surface area (Å²) in [4.78, 5) is 24.2. The number of carbonyl (C=O) groups is 2. The van der Waals surface area contributed by atoms with Crippen LogP contribution in [0.3, 0.4) is 0 Å². The first-order valence-electron chi connectivity index (χ1n) is 18.4. The summed E-state index contributed by atoms with van der Waals surface area (Å²) in [6.07, 6.45) is 34.3. The number of unbranched alkanes of at least 4 members (excludes halogenated alkanes) is 19. The normalized spacial score (nSPS) is 16.9. The third kappa shape index (κ3) is 25.6. The Labute approximate surface area is 265 Å². The molecule has 0 aromatic heterocycles. The Morgan fingerprint density at radius 3 is 1.74 bits per heavy atom. The molecule has 0 aromatic rings. The van der Waals surface area contributed by atoms with Gasteiger partial charge in [-0.2, -0.15) is 0 Å². The van der Waals surface area contributed by atoms with Gasteiger partial charge in [0.1, 0.15) is 6.61 Å². The van der Waals surface area contributed by atoms with Gasteiger partial charge in [0.15, 0.2) is 6.10 Å². The largest absolute Gasteiger partial charge is 0.462 e. The van der Waals surface area contributed by atoms with Gasteiger partial charge in [0, 0.05) is 12.8 Å². The van der Waals surface area contributed by atoms with Gasteiger partial charge in [-0.3, -0.25) is 9.59 Å². The summed E-state index contributed by atoms with van der Waals surface area (Å²) in [5.74, 6) is -0.607. The minimum Gasteiger partial charge on any atom is -0.462 e. The van der Waals surface area contributed by atoms with Gasteiger partial charge in [0.05, 0.1) is 18.8 Å². The Hall–Kier alpha value is -1.40. The Balaban J connectivity index is 1.88. The number of hydrogen-bond donors (Lipinski definition) is 1. The van der Waals surface area contributed by atoms with Crippen LogP contribution in [0.15, 0.2) is 12.2 Å². The predicted octanol–water partition coefficient (Wildman–Crippen LogP) is 9.94. The summed E-state index contributed by atoms with van der Waals surface area (Å²) in [5.41, 5.74) is 0. The first-order chi connectivity index (χ1) is 21.1. The summed E-state index contributed by atoms with van der Waals surface area (Å²) in [5, 5.41) is 9.52. The summed E-state index contributed by atoms with van der Waals surface area (Å²) >= 11 is 0. The van der Waals surface area contributed by atoms with Gasteiger partial charge in [-0.25, -0.2) is 0 Å². The van der Waals surface area contributed by atoms with Crippen LogP contribution in [0.4, 0.5) is 0 Å². The zero-order valence-electron chi connectivity index (χ0n) is 28.2. The van der Waals surface area contributed by atoms with E-state index in [2.05, 4.69) is 26.0 Å². The van der Waals surface area contributed by atoms with E-state index < -0.39 is 6.10 Å². The van der Waals surface area contributed by atoms with Gasteiger partial charge in [-0.1, -0.05) is 142 Å². The van der Waals surface area contributed by atoms with Crippen molar-refractivity contribution in [3.63, 3.8) is 0 Å². The van der Waals surface area contributed by atoms with Crippen LogP contribution in [-0.2, 0) is 23.8 Å². The molecule has 2 unspecified atom stereocenters. The fourth-order valence-corrected chi connectivity index (χ4v) is 5.56. The molecule has 6 heteroatoms. The van der Waals surface area contributed by atoms with E-state index in [1.165, 1.54) is 103 Å². The molecule has 0 amide bonds. The highest BCUT2D eigenvalue weighted by molar-refractivity contribution is 5.70. The molecule has 3 atom stereocenters. The lowest BCUT2D eigenvalue weighted by Gasteiger charge is -2.15. The lowest BCUT2D eigenvalue weighted by molar-refractivity contribution is -0.161. The topological polar surface area (TPSA) is 85.4 Å². The van der Waals surface area contributed by atoms with E-state index in [0.29, 0.717) is 25.0 Å². The zero-order chi connectivity index (χ0) is 31.2. The molecule has 252 valence electrons. The summed E-state index contributed by atoms with van der Waals surface area (Å²) in [6, 6.07) is 0. The Kier molecular flexibility index (Phi) is 27.0. The van der Waals surface area contributed by atoms with Crippen molar-refractivity contribution < 1.29 is 28.9 Å². The Morgan fingerprint density at radius 1 is 0.651 bits per heavy atom. The molecule has 1 rings (SSSR count). The minimum atomic E-state index is -0.773. The quantitative estimate of drug-likeness (QED) is 0.0354. The predicted molar refractivity (Wildman–Crippen MR) is 177 cm³/mol. The first-order valence-corrected chi connectivity index (χ1v) is 18.4. The summed E-state index contributed by atoms with van der Waals surface area (Å²) < 4.78 is 16.3. The van der Waals surface area contributed by atoms with Gasteiger partial charge in [0.2, 0.25) is 0 Å². The minimum absolute atomic E-state index is 0.0720. The molecule has 1 fully saturated rings. The van der Waals surface area contributed by atoms with Gasteiger partial charge in [-0.15, -0.1) is 0 Å². The SMILES string of the molecule is CCCCCCCCCCCCCCCC(=O)O[C@@H](CO)COC(=O)CCCCCCC/C=C\CC1OC1CCCCC. The van der Waals surface area contributed by atoms with Gasteiger partial charge in [-0.05, 0) is 38.5 Å². The van der Waals surface area contributed by atoms with Crippen molar-refractivity contribution in [3.8, 4) is 0 Å². The molecule has 0 aromatic carbocycles. The molecular weight excluding hydrogens is 540 g/mol. The highest BCUT2D eigenvalue weighted by Gasteiger charge is 2.36. The van der Waals surface area contributed by atoms with Crippen molar-refractivity contribution in [2.75, 3.05) is 13.2 Å². The Morgan fingerprint density at radius 2 is 1.16 bits per heavy atom. The lowest BCUT2D eigenvalue weighted by Crippen LogP contribution is -2.28. The van der Waals surface area contributed by atoms with E-state index in [9.17, 15) is 14.7 Å². The van der Waals surface area contributed by atoms with Crippen LogP contribution in [0.2, 0.25) is 0 Å². The first kappa shape index (κ1) is 39.6. The average Bonchev–Trinajstić information content (AvgIpc) is 3.76. The van der Waals surface area contributed by atoms with E-state index >= 15 is 0 Å². The molecule has 0 radical (unpaired) electrons. The number of aliphatic hydroxyl groups is 1. The second-order valence-electron chi connectivity index (χ2n) is 12.7. The van der Waals surface area contributed by atoms with Crippen molar-refractivity contribution in [2.45, 2.75) is 199 Å². The van der Waals surface area contributed by atoms with Crippen molar-refractivity contribution >= 4 is 11.9 Å². The van der Waals surface area contributed by atoms with E-state index in [1.54, 1.807) is 0 Å². The highest BCUT2D eigenvalue weighted by Crippen LogP contribution is 2.30. The maximum absolute atomic E-state index is 12.1. The zero-order valence-corrected chi connectivity index (χ0v) is 28.2. The third-order valence-electron chi connectivity index (χ3n) is 8.48. The number of aliphatic hydroxyl groups excluding tert-OH is 1. The van der Waals surface area contributed by atoms with Crippen LogP contribution < -0.4 is 0 Å². The summed E-state index contributed by atoms with van der Waals surface area (Å²) in [6.45, 7) is 4.09. The molecule has 1 N–H and O–H groups in total. The number of esters is 2. The van der Waals surface area contributed by atoms with Gasteiger partial charge in [0.25, 0.3) is 0 Å². The van der Waals surface area contributed by atoms with Crippen LogP contribution in [0, 0.1) is 0 Å². The Bertz CT molecular complexity index is 678. The molecule has 1 aliphatic rings. The molecule has 1 saturated heterocycles. The smallest absolute Gasteiger partial charge is 0.306 e. The van der Waals surface area contributed by atoms with Gasteiger partial charge >= 0.3 is 11.9 Å². The number of epoxide rings is 1. The number of allylic oxidation sites excluding steroid dienone is 1. The maximum Gasteiger partial charge on any atom is 0.306 e. The van der Waals surface area contributed by atoms with Crippen LogP contribution in [-0.4, -0.2) is 48.6 Å². The molecule has 0 saturated carbocycles. The fourth-order valence-electron chi connectivity index (χ4n) is 5.56. The van der Waals surface area contributed by atoms with Gasteiger partial charge < -0.3 is 19.3 Å². The highest BCUT2D eigenvalue weighted by atomic mass is 16.6. The maximum atomic E-state index is 12.1. The van der Waals surface area contributed by atoms with Crippen LogP contribution in [0.25, 0.3) is 0 Å². The molecule has 1 heterocycles. The number of carbonyl (C=O) groups excluding carboxylic acids is 2. The molecule has 1 aliphatic heterocycles. The van der Waals surface area contributed by atoms with Crippen LogP contribution >= 0.6 is 0 Å². The monoisotopic (exact) mass is 609 g/mol. The van der Waals surface area contributed by atoms with Crippen LogP contribution in [0.5, 0.6) is 0 Å². The molecule has 0 aliphatic carbocycles. The number of ether oxygens (including phenoxy) is 3. The van der Waals surface area contributed by atoms with Crippen molar-refractivity contribution in [3.05, 3.63) is 12.2 Å². The van der Waals surface area contributed by atoms with E-state index in [1.807, 2.05) is 0 Å². The molecule has 0 bridgehead atoms. The van der Waals surface area contributed by atoms with Crippen molar-refractivity contribution in [1.82, 2.24) is 0 Å². The average molecular weight is 609 g/mol. The van der Waals surface area contributed by atoms with Crippen molar-refractivity contribution in [1.29, 1.82) is 0 Å².